The van der Waals surface area contributed by atoms with Gasteiger partial charge in [0.2, 0.25) is 0 Å². The van der Waals surface area contributed by atoms with E-state index in [0.717, 1.165) is 5.69 Å². The molecule has 6 nitrogen and oxygen atoms in total. The van der Waals surface area contributed by atoms with Gasteiger partial charge in [0.05, 0.1) is 25.8 Å². The number of carboxylic acids is 1. The zero-order valence-corrected chi connectivity index (χ0v) is 18.4. The third-order valence-electron chi connectivity index (χ3n) is 5.25. The van der Waals surface area contributed by atoms with Crippen LogP contribution in [0.1, 0.15) is 25.3 Å². The van der Waals surface area contributed by atoms with Crippen molar-refractivity contribution >= 4 is 46.7 Å². The first kappa shape index (κ1) is 23.4. The number of methoxy groups -OCH3 is 2. The molecule has 0 heterocycles. The van der Waals surface area contributed by atoms with Gasteiger partial charge in [0, 0.05) is 42.4 Å². The van der Waals surface area contributed by atoms with Crippen molar-refractivity contribution in [2.45, 2.75) is 19.8 Å². The predicted molar refractivity (Wildman–Crippen MR) is 116 cm³/mol. The number of Topliss-reactive ketones (excluding diaryl/α,β-unsaturated/α-hetero) is 1. The molecular formula is C21H27Cl2NO5. The molecular weight excluding hydrogens is 417 g/mol. The van der Waals surface area contributed by atoms with Gasteiger partial charge in [-0.25, -0.2) is 0 Å². The maximum atomic E-state index is 12.7. The van der Waals surface area contributed by atoms with Crippen LogP contribution in [0.4, 0.5) is 5.69 Å². The van der Waals surface area contributed by atoms with E-state index in [9.17, 15) is 14.7 Å². The van der Waals surface area contributed by atoms with E-state index in [-0.39, 0.29) is 12.2 Å². The number of carboxylic acid groups (broad SMARTS) is 1. The summed E-state index contributed by atoms with van der Waals surface area (Å²) in [5.74, 6) is -0.220. The number of ether oxygens (including phenoxy) is 2. The fraction of sp³-hybridized carbons (Fsp3) is 0.524. The van der Waals surface area contributed by atoms with Crippen LogP contribution in [0.2, 0.25) is 0 Å². The van der Waals surface area contributed by atoms with Gasteiger partial charge in [-0.1, -0.05) is 6.92 Å². The molecule has 1 saturated carbocycles. The smallest absolute Gasteiger partial charge is 0.307 e. The molecule has 1 N–H and O–H groups in total. The Morgan fingerprint density at radius 1 is 1.21 bits per heavy atom. The van der Waals surface area contributed by atoms with Gasteiger partial charge < -0.3 is 19.5 Å². The van der Waals surface area contributed by atoms with E-state index in [4.69, 9.17) is 32.7 Å². The van der Waals surface area contributed by atoms with Crippen LogP contribution in [0.5, 0.6) is 11.5 Å². The van der Waals surface area contributed by atoms with Crippen molar-refractivity contribution in [1.29, 1.82) is 0 Å². The Kier molecular flexibility index (Phi) is 8.65. The van der Waals surface area contributed by atoms with Gasteiger partial charge in [-0.05, 0) is 30.6 Å². The van der Waals surface area contributed by atoms with Crippen molar-refractivity contribution in [3.05, 3.63) is 23.3 Å². The molecule has 0 spiro atoms. The molecule has 1 aliphatic carbocycles. The van der Waals surface area contributed by atoms with Crippen LogP contribution in [0.15, 0.2) is 17.7 Å². The molecule has 1 aromatic rings. The van der Waals surface area contributed by atoms with Crippen molar-refractivity contribution in [2.75, 3.05) is 44.0 Å². The summed E-state index contributed by atoms with van der Waals surface area (Å²) >= 11 is 11.9. The molecule has 2 unspecified atom stereocenters. The van der Waals surface area contributed by atoms with Gasteiger partial charge in [0.1, 0.15) is 11.5 Å². The maximum Gasteiger partial charge on any atom is 0.307 e. The fourth-order valence-electron chi connectivity index (χ4n) is 3.77. The summed E-state index contributed by atoms with van der Waals surface area (Å²) in [5.41, 5.74) is 1.95. The number of hydrogen-bond acceptors (Lipinski definition) is 5. The largest absolute Gasteiger partial charge is 0.496 e. The molecule has 0 saturated heterocycles. The van der Waals surface area contributed by atoms with Crippen molar-refractivity contribution in [2.24, 2.45) is 11.8 Å². The number of rotatable bonds is 10. The minimum atomic E-state index is -0.939. The fourth-order valence-corrected chi connectivity index (χ4v) is 4.18. The van der Waals surface area contributed by atoms with E-state index in [2.05, 4.69) is 0 Å². The van der Waals surface area contributed by atoms with E-state index in [1.54, 1.807) is 26.4 Å². The van der Waals surface area contributed by atoms with Crippen molar-refractivity contribution in [3.8, 4) is 11.5 Å². The molecule has 29 heavy (non-hydrogen) atoms. The monoisotopic (exact) mass is 443 g/mol. The summed E-state index contributed by atoms with van der Waals surface area (Å²) in [6.07, 6.45) is 2.43. The second kappa shape index (κ2) is 10.7. The molecule has 1 fully saturated rings. The van der Waals surface area contributed by atoms with Gasteiger partial charge >= 0.3 is 5.97 Å². The highest BCUT2D eigenvalue weighted by Crippen LogP contribution is 2.40. The van der Waals surface area contributed by atoms with Crippen molar-refractivity contribution in [1.82, 2.24) is 0 Å². The quantitative estimate of drug-likeness (QED) is 0.433. The number of halogens is 2. The molecule has 0 radical (unpaired) electrons. The zero-order chi connectivity index (χ0) is 21.6. The average molecular weight is 444 g/mol. The van der Waals surface area contributed by atoms with Crippen molar-refractivity contribution < 1.29 is 24.2 Å². The van der Waals surface area contributed by atoms with Crippen LogP contribution in [-0.2, 0) is 9.59 Å². The van der Waals surface area contributed by atoms with Gasteiger partial charge in [0.15, 0.2) is 5.78 Å². The Bertz CT molecular complexity index is 775. The number of anilines is 1. The maximum absolute atomic E-state index is 12.7. The number of carbonyl (C=O) groups is 2. The number of nitrogens with zero attached hydrogens (tertiary/aromatic N) is 1. The first-order valence-corrected chi connectivity index (χ1v) is 10.6. The number of ketones is 1. The number of hydrogen-bond donors (Lipinski definition) is 1. The summed E-state index contributed by atoms with van der Waals surface area (Å²) < 4.78 is 11.1. The van der Waals surface area contributed by atoms with Crippen LogP contribution in [0.3, 0.4) is 0 Å². The first-order valence-electron chi connectivity index (χ1n) is 9.52. The Labute approximate surface area is 181 Å². The highest BCUT2D eigenvalue weighted by molar-refractivity contribution is 6.18. The lowest BCUT2D eigenvalue weighted by molar-refractivity contribution is -0.144. The summed E-state index contributed by atoms with van der Waals surface area (Å²) in [5, 5.41) is 9.45. The number of alkyl halides is 2. The normalized spacial score (nSPS) is 20.2. The third-order valence-corrected chi connectivity index (χ3v) is 5.58. The van der Waals surface area contributed by atoms with Gasteiger partial charge in [0.25, 0.3) is 0 Å². The SMILES string of the molecule is CCC1C(=O)C(=Cc2cc(OC)c(N(CCCl)CCCl)cc2OC)CC1C(=O)O. The topological polar surface area (TPSA) is 76.1 Å². The molecule has 2 atom stereocenters. The molecule has 1 aromatic carbocycles. The van der Waals surface area contributed by atoms with E-state index in [1.807, 2.05) is 17.9 Å². The molecule has 0 bridgehead atoms. The lowest BCUT2D eigenvalue weighted by atomic mass is 9.93. The van der Waals surface area contributed by atoms with Crippen molar-refractivity contribution in [3.63, 3.8) is 0 Å². The number of benzene rings is 1. The Morgan fingerprint density at radius 3 is 2.28 bits per heavy atom. The second-order valence-electron chi connectivity index (χ2n) is 6.83. The summed E-state index contributed by atoms with van der Waals surface area (Å²) in [4.78, 5) is 26.3. The third kappa shape index (κ3) is 5.17. The van der Waals surface area contributed by atoms with Crippen LogP contribution in [0.25, 0.3) is 6.08 Å². The van der Waals surface area contributed by atoms with E-state index >= 15 is 0 Å². The Balaban J connectivity index is 2.49. The zero-order valence-electron chi connectivity index (χ0n) is 16.9. The average Bonchev–Trinajstić information content (AvgIpc) is 3.03. The highest BCUT2D eigenvalue weighted by atomic mass is 35.5. The van der Waals surface area contributed by atoms with E-state index in [1.165, 1.54) is 0 Å². The predicted octanol–water partition coefficient (Wildman–Crippen LogP) is 4.07. The van der Waals surface area contributed by atoms with Gasteiger partial charge in [-0.3, -0.25) is 9.59 Å². The molecule has 8 heteroatoms. The lowest BCUT2D eigenvalue weighted by Crippen LogP contribution is -2.28. The van der Waals surface area contributed by atoms with Gasteiger partial charge in [-0.15, -0.1) is 23.2 Å². The standard InChI is InChI=1S/C21H27Cl2NO5/c1-4-15-16(21(26)27)10-14(20(15)25)9-13-11-19(29-3)17(12-18(13)28-2)24(7-5-22)8-6-23/h9,11-12,15-16H,4-8,10H2,1-3H3,(H,26,27). The minimum absolute atomic E-state index is 0.115. The minimum Gasteiger partial charge on any atom is -0.496 e. The summed E-state index contributed by atoms with van der Waals surface area (Å²) in [7, 11) is 3.11. The molecule has 0 amide bonds. The summed E-state index contributed by atoms with van der Waals surface area (Å²) in [6, 6.07) is 3.62. The number of carbonyl (C=O) groups excluding carboxylic acids is 1. The first-order chi connectivity index (χ1) is 13.9. The highest BCUT2D eigenvalue weighted by Gasteiger charge is 2.41. The van der Waals surface area contributed by atoms with Crippen LogP contribution in [0, 0.1) is 11.8 Å². The van der Waals surface area contributed by atoms with Crippen LogP contribution < -0.4 is 14.4 Å². The van der Waals surface area contributed by atoms with E-state index in [0.29, 0.717) is 53.9 Å². The summed E-state index contributed by atoms with van der Waals surface area (Å²) in [6.45, 7) is 3.01. The molecule has 160 valence electrons. The Morgan fingerprint density at radius 2 is 1.83 bits per heavy atom. The van der Waals surface area contributed by atoms with Crippen LogP contribution in [-0.4, -0.2) is 55.9 Å². The number of allylic oxidation sites excluding steroid dienone is 1. The van der Waals surface area contributed by atoms with E-state index < -0.39 is 17.8 Å². The molecule has 0 aliphatic heterocycles. The molecule has 1 aliphatic rings. The van der Waals surface area contributed by atoms with Gasteiger partial charge in [-0.2, -0.15) is 0 Å². The second-order valence-corrected chi connectivity index (χ2v) is 7.58. The molecule has 2 rings (SSSR count). The van der Waals surface area contributed by atoms with Crippen LogP contribution >= 0.6 is 23.2 Å². The molecule has 0 aromatic heterocycles. The lowest BCUT2D eigenvalue weighted by Gasteiger charge is -2.26. The number of aliphatic carboxylic acids is 1. The Hall–Kier alpha value is -1.92.